The molecular formula is C18H19FN6O. The minimum atomic E-state index is -0.358. The van der Waals surface area contributed by atoms with Gasteiger partial charge in [-0.05, 0) is 31.2 Å². The van der Waals surface area contributed by atoms with Crippen LogP contribution in [0.15, 0.2) is 34.3 Å². The van der Waals surface area contributed by atoms with Crippen LogP contribution in [0.5, 0.6) is 0 Å². The molecule has 0 spiro atoms. The molecule has 2 aromatic rings. The summed E-state index contributed by atoms with van der Waals surface area (Å²) >= 11 is 0. The molecule has 1 atom stereocenters. The fourth-order valence-corrected chi connectivity index (χ4v) is 3.34. The van der Waals surface area contributed by atoms with Crippen LogP contribution in [-0.2, 0) is 6.54 Å². The molecular weight excluding hydrogens is 335 g/mol. The SMILES string of the molecule is CCC1=NCC(c2nnc3n2CCN(C(=O)c2ccc(F)cc2)C3C)=N1. The lowest BCUT2D eigenvalue weighted by atomic mass is 10.1. The number of amides is 1. The zero-order valence-electron chi connectivity index (χ0n) is 14.7. The maximum atomic E-state index is 13.1. The van der Waals surface area contributed by atoms with E-state index in [-0.39, 0.29) is 17.8 Å². The molecule has 0 radical (unpaired) electrons. The fourth-order valence-electron chi connectivity index (χ4n) is 3.34. The van der Waals surface area contributed by atoms with Gasteiger partial charge in [0.25, 0.3) is 5.91 Å². The highest BCUT2D eigenvalue weighted by molar-refractivity contribution is 6.10. The fraction of sp³-hybridized carbons (Fsp3) is 0.389. The van der Waals surface area contributed by atoms with Crippen LogP contribution >= 0.6 is 0 Å². The van der Waals surface area contributed by atoms with Crippen molar-refractivity contribution in [1.29, 1.82) is 0 Å². The minimum Gasteiger partial charge on any atom is -0.327 e. The summed E-state index contributed by atoms with van der Waals surface area (Å²) in [6, 6.07) is 5.38. The van der Waals surface area contributed by atoms with Gasteiger partial charge in [0.2, 0.25) is 0 Å². The van der Waals surface area contributed by atoms with Crippen molar-refractivity contribution in [3.05, 3.63) is 47.3 Å². The van der Waals surface area contributed by atoms with E-state index in [1.807, 2.05) is 18.4 Å². The van der Waals surface area contributed by atoms with Gasteiger partial charge in [0.15, 0.2) is 11.6 Å². The first-order chi connectivity index (χ1) is 12.6. The number of halogens is 1. The Kier molecular flexibility index (Phi) is 4.10. The van der Waals surface area contributed by atoms with Gasteiger partial charge in [-0.1, -0.05) is 6.92 Å². The second-order valence-electron chi connectivity index (χ2n) is 6.36. The van der Waals surface area contributed by atoms with E-state index < -0.39 is 0 Å². The molecule has 2 aliphatic heterocycles. The van der Waals surface area contributed by atoms with Crippen LogP contribution in [0.4, 0.5) is 4.39 Å². The molecule has 3 heterocycles. The molecule has 1 aromatic heterocycles. The van der Waals surface area contributed by atoms with Crippen LogP contribution in [0.25, 0.3) is 0 Å². The van der Waals surface area contributed by atoms with Crippen molar-refractivity contribution in [2.24, 2.45) is 9.98 Å². The highest BCUT2D eigenvalue weighted by atomic mass is 19.1. The molecule has 4 rings (SSSR count). The number of nitrogens with zero attached hydrogens (tertiary/aromatic N) is 6. The number of carbonyl (C=O) groups excluding carboxylic acids is 1. The van der Waals surface area contributed by atoms with Gasteiger partial charge >= 0.3 is 0 Å². The summed E-state index contributed by atoms with van der Waals surface area (Å²) in [6.07, 6.45) is 0.793. The van der Waals surface area contributed by atoms with Crippen molar-refractivity contribution in [3.63, 3.8) is 0 Å². The molecule has 134 valence electrons. The number of amidine groups is 1. The standard InChI is InChI=1S/C18H19FN6O/c1-3-15-20-10-14(21-15)17-23-22-16-11(2)24(8-9-25(16)17)18(26)12-4-6-13(19)7-5-12/h4-7,11H,3,8-10H2,1-2H3. The monoisotopic (exact) mass is 354 g/mol. The maximum absolute atomic E-state index is 13.1. The third-order valence-electron chi connectivity index (χ3n) is 4.79. The quantitative estimate of drug-likeness (QED) is 0.848. The van der Waals surface area contributed by atoms with Gasteiger partial charge in [0.05, 0.1) is 12.6 Å². The molecule has 26 heavy (non-hydrogen) atoms. The third-order valence-corrected chi connectivity index (χ3v) is 4.79. The third kappa shape index (κ3) is 2.71. The van der Waals surface area contributed by atoms with Crippen LogP contribution in [0, 0.1) is 5.82 Å². The van der Waals surface area contributed by atoms with E-state index in [1.165, 1.54) is 24.3 Å². The summed E-state index contributed by atoms with van der Waals surface area (Å²) in [5.41, 5.74) is 1.29. The van der Waals surface area contributed by atoms with Gasteiger partial charge in [-0.25, -0.2) is 9.38 Å². The average Bonchev–Trinajstić information content (AvgIpc) is 3.29. The van der Waals surface area contributed by atoms with Gasteiger partial charge < -0.3 is 9.47 Å². The lowest BCUT2D eigenvalue weighted by Crippen LogP contribution is -2.41. The van der Waals surface area contributed by atoms with Crippen LogP contribution in [0.3, 0.4) is 0 Å². The summed E-state index contributed by atoms with van der Waals surface area (Å²) in [5, 5.41) is 8.60. The Bertz CT molecular complexity index is 914. The summed E-state index contributed by atoms with van der Waals surface area (Å²) in [6.45, 7) is 5.59. The van der Waals surface area contributed by atoms with E-state index in [1.54, 1.807) is 4.90 Å². The molecule has 8 heteroatoms. The summed E-state index contributed by atoms with van der Waals surface area (Å²) in [4.78, 5) is 23.4. The van der Waals surface area contributed by atoms with Crippen LogP contribution in [-0.4, -0.2) is 50.2 Å². The first-order valence-electron chi connectivity index (χ1n) is 8.69. The second-order valence-corrected chi connectivity index (χ2v) is 6.36. The average molecular weight is 354 g/mol. The van der Waals surface area contributed by atoms with E-state index in [2.05, 4.69) is 20.2 Å². The highest BCUT2D eigenvalue weighted by Gasteiger charge is 2.33. The van der Waals surface area contributed by atoms with E-state index in [0.29, 0.717) is 25.2 Å². The molecule has 1 aromatic carbocycles. The lowest BCUT2D eigenvalue weighted by molar-refractivity contribution is 0.0637. The minimum absolute atomic E-state index is 0.136. The van der Waals surface area contributed by atoms with Crippen molar-refractivity contribution in [2.45, 2.75) is 32.9 Å². The Morgan fingerprint density at radius 3 is 2.69 bits per heavy atom. The number of carbonyl (C=O) groups is 1. The predicted molar refractivity (Wildman–Crippen MR) is 95.0 cm³/mol. The number of fused-ring (bicyclic) bond motifs is 1. The number of aromatic nitrogens is 3. The van der Waals surface area contributed by atoms with Crippen molar-refractivity contribution in [2.75, 3.05) is 13.1 Å². The molecule has 7 nitrogen and oxygen atoms in total. The Balaban J connectivity index is 1.59. The first kappa shape index (κ1) is 16.6. The van der Waals surface area contributed by atoms with Gasteiger partial charge in [-0.15, -0.1) is 10.2 Å². The number of rotatable bonds is 3. The summed E-state index contributed by atoms with van der Waals surface area (Å²) in [7, 11) is 0. The molecule has 2 aliphatic rings. The molecule has 1 unspecified atom stereocenters. The maximum Gasteiger partial charge on any atom is 0.254 e. The van der Waals surface area contributed by atoms with Crippen molar-refractivity contribution >= 4 is 17.5 Å². The van der Waals surface area contributed by atoms with Crippen LogP contribution in [0.2, 0.25) is 0 Å². The first-order valence-corrected chi connectivity index (χ1v) is 8.69. The van der Waals surface area contributed by atoms with Crippen molar-refractivity contribution in [1.82, 2.24) is 19.7 Å². The van der Waals surface area contributed by atoms with Crippen molar-refractivity contribution < 1.29 is 9.18 Å². The molecule has 1 amide bonds. The second kappa shape index (κ2) is 6.44. The molecule has 0 fully saturated rings. The van der Waals surface area contributed by atoms with E-state index >= 15 is 0 Å². The largest absolute Gasteiger partial charge is 0.327 e. The Labute approximate surface area is 150 Å². The Morgan fingerprint density at radius 2 is 2.00 bits per heavy atom. The van der Waals surface area contributed by atoms with Gasteiger partial charge in [-0.2, -0.15) is 0 Å². The van der Waals surface area contributed by atoms with Gasteiger partial charge in [0, 0.05) is 25.1 Å². The van der Waals surface area contributed by atoms with E-state index in [0.717, 1.165) is 29.6 Å². The van der Waals surface area contributed by atoms with Crippen LogP contribution < -0.4 is 0 Å². The zero-order valence-corrected chi connectivity index (χ0v) is 14.7. The van der Waals surface area contributed by atoms with Crippen molar-refractivity contribution in [3.8, 4) is 0 Å². The molecule has 0 aliphatic carbocycles. The van der Waals surface area contributed by atoms with E-state index in [4.69, 9.17) is 0 Å². The number of hydrogen-bond donors (Lipinski definition) is 0. The molecule has 0 saturated heterocycles. The van der Waals surface area contributed by atoms with E-state index in [9.17, 15) is 9.18 Å². The molecule has 0 N–H and O–H groups in total. The molecule has 0 bridgehead atoms. The smallest absolute Gasteiger partial charge is 0.254 e. The summed E-state index contributed by atoms with van der Waals surface area (Å²) in [5.74, 6) is 1.79. The number of benzene rings is 1. The van der Waals surface area contributed by atoms with Crippen LogP contribution in [0.1, 0.15) is 48.3 Å². The van der Waals surface area contributed by atoms with Gasteiger partial charge in [-0.3, -0.25) is 9.79 Å². The summed E-state index contributed by atoms with van der Waals surface area (Å²) < 4.78 is 15.1. The Morgan fingerprint density at radius 1 is 1.23 bits per heavy atom. The zero-order chi connectivity index (χ0) is 18.3. The number of aliphatic imine (C=N–C) groups is 2. The predicted octanol–water partition coefficient (Wildman–Crippen LogP) is 2.25. The highest BCUT2D eigenvalue weighted by Crippen LogP contribution is 2.26. The normalized spacial score (nSPS) is 19.2. The topological polar surface area (TPSA) is 75.7 Å². The lowest BCUT2D eigenvalue weighted by Gasteiger charge is -2.33. The van der Waals surface area contributed by atoms with Gasteiger partial charge in [0.1, 0.15) is 17.4 Å². The number of hydrogen-bond acceptors (Lipinski definition) is 5. The molecule has 0 saturated carbocycles. The Hall–Kier alpha value is -2.90.